The van der Waals surface area contributed by atoms with Crippen molar-refractivity contribution in [2.24, 2.45) is 0 Å². The standard InChI is InChI=1S/C30H32B2N2O3/c1-3-10-29(11-4-1)33-18-20-36-31-27-16-14-25(15-17-27)23-35-24-26-8-7-9-28(22-26)32-37-21-19-34-30-12-5-2-6-13-30/h1-17,22,33-34H,18-21,23-24H2. The van der Waals surface area contributed by atoms with Crippen LogP contribution in [0, 0.1) is 0 Å². The smallest absolute Gasteiger partial charge is 0.330 e. The lowest BCUT2D eigenvalue weighted by Crippen LogP contribution is -2.21. The van der Waals surface area contributed by atoms with Crippen LogP contribution in [0.15, 0.2) is 109 Å². The van der Waals surface area contributed by atoms with Crippen LogP contribution < -0.4 is 21.6 Å². The second kappa shape index (κ2) is 15.6. The number of nitrogens with one attached hydrogen (secondary N) is 2. The van der Waals surface area contributed by atoms with Crippen LogP contribution in [0.5, 0.6) is 0 Å². The molecule has 186 valence electrons. The third-order valence-corrected chi connectivity index (χ3v) is 5.55. The van der Waals surface area contributed by atoms with Gasteiger partial charge in [-0.2, -0.15) is 0 Å². The lowest BCUT2D eigenvalue weighted by Gasteiger charge is -2.09. The SMILES string of the molecule is [B](OCCNc1ccccc1)c1ccc(COCc2cccc([B]OCCNc3ccccc3)c2)cc1. The maximum atomic E-state index is 5.93. The molecule has 0 spiro atoms. The topological polar surface area (TPSA) is 51.8 Å². The Hall–Kier alpha value is -3.51. The second-order valence-corrected chi connectivity index (χ2v) is 8.54. The van der Waals surface area contributed by atoms with E-state index in [1.165, 1.54) is 0 Å². The molecule has 0 saturated carbocycles. The highest BCUT2D eigenvalue weighted by Crippen LogP contribution is 2.06. The molecule has 2 N–H and O–H groups in total. The fraction of sp³-hybridized carbons (Fsp3) is 0.200. The Morgan fingerprint density at radius 3 is 1.70 bits per heavy atom. The van der Waals surface area contributed by atoms with E-state index in [0.717, 1.165) is 46.5 Å². The average molecular weight is 490 g/mol. The molecule has 0 saturated heterocycles. The Kier molecular flexibility index (Phi) is 11.2. The molecule has 5 nitrogen and oxygen atoms in total. The molecule has 0 unspecified atom stereocenters. The fourth-order valence-electron chi connectivity index (χ4n) is 3.67. The highest BCUT2D eigenvalue weighted by atomic mass is 16.5. The Morgan fingerprint density at radius 1 is 0.514 bits per heavy atom. The molecule has 0 heterocycles. The zero-order valence-electron chi connectivity index (χ0n) is 21.0. The number of ether oxygens (including phenoxy) is 1. The van der Waals surface area contributed by atoms with Gasteiger partial charge in [0.05, 0.1) is 13.2 Å². The maximum absolute atomic E-state index is 5.93. The molecular weight excluding hydrogens is 458 g/mol. The summed E-state index contributed by atoms with van der Waals surface area (Å²) in [7, 11) is 3.59. The van der Waals surface area contributed by atoms with Crippen LogP contribution in [0.3, 0.4) is 0 Å². The van der Waals surface area contributed by atoms with Gasteiger partial charge in [0, 0.05) is 37.7 Å². The summed E-state index contributed by atoms with van der Waals surface area (Å²) in [6.07, 6.45) is 0. The third-order valence-electron chi connectivity index (χ3n) is 5.55. The highest BCUT2D eigenvalue weighted by molar-refractivity contribution is 6.47. The molecule has 0 aliphatic carbocycles. The third kappa shape index (κ3) is 10.2. The van der Waals surface area contributed by atoms with E-state index in [9.17, 15) is 0 Å². The highest BCUT2D eigenvalue weighted by Gasteiger charge is 2.02. The molecule has 0 amide bonds. The van der Waals surface area contributed by atoms with E-state index in [0.29, 0.717) is 26.4 Å². The summed E-state index contributed by atoms with van der Waals surface area (Å²) in [5.41, 5.74) is 6.49. The van der Waals surface area contributed by atoms with E-state index < -0.39 is 0 Å². The number of rotatable bonds is 16. The van der Waals surface area contributed by atoms with Gasteiger partial charge in [0.2, 0.25) is 0 Å². The van der Waals surface area contributed by atoms with Gasteiger partial charge >= 0.3 is 15.0 Å². The van der Waals surface area contributed by atoms with Gasteiger partial charge < -0.3 is 24.7 Å². The molecule has 37 heavy (non-hydrogen) atoms. The molecule has 4 aromatic rings. The first-order valence-corrected chi connectivity index (χ1v) is 12.6. The van der Waals surface area contributed by atoms with Crippen LogP contribution in [0.2, 0.25) is 0 Å². The van der Waals surface area contributed by atoms with E-state index in [1.807, 2.05) is 84.9 Å². The van der Waals surface area contributed by atoms with Gasteiger partial charge in [0.15, 0.2) is 0 Å². The summed E-state index contributed by atoms with van der Waals surface area (Å²) < 4.78 is 17.3. The minimum Gasteiger partial charge on any atom is -0.432 e. The molecule has 4 rings (SSSR count). The summed E-state index contributed by atoms with van der Waals surface area (Å²) in [6.45, 7) is 3.80. The van der Waals surface area contributed by atoms with Gasteiger partial charge in [-0.25, -0.2) is 0 Å². The average Bonchev–Trinajstić information content (AvgIpc) is 2.95. The Balaban J connectivity index is 1.08. The van der Waals surface area contributed by atoms with Crippen molar-refractivity contribution in [3.05, 3.63) is 120 Å². The molecule has 0 aromatic heterocycles. The van der Waals surface area contributed by atoms with Crippen molar-refractivity contribution in [1.82, 2.24) is 0 Å². The molecule has 7 heteroatoms. The zero-order valence-corrected chi connectivity index (χ0v) is 21.0. The van der Waals surface area contributed by atoms with Crippen LogP contribution in [-0.2, 0) is 27.3 Å². The van der Waals surface area contributed by atoms with E-state index >= 15 is 0 Å². The summed E-state index contributed by atoms with van der Waals surface area (Å²) in [5, 5.41) is 6.66. The van der Waals surface area contributed by atoms with Crippen molar-refractivity contribution in [3.8, 4) is 0 Å². The van der Waals surface area contributed by atoms with Crippen molar-refractivity contribution in [2.45, 2.75) is 13.2 Å². The molecule has 2 radical (unpaired) electrons. The molecule has 0 aliphatic heterocycles. The van der Waals surface area contributed by atoms with Crippen molar-refractivity contribution < 1.29 is 14.0 Å². The van der Waals surface area contributed by atoms with E-state index in [-0.39, 0.29) is 0 Å². The largest absolute Gasteiger partial charge is 0.432 e. The summed E-state index contributed by atoms with van der Waals surface area (Å²) in [4.78, 5) is 0. The Bertz CT molecular complexity index is 1160. The predicted molar refractivity (Wildman–Crippen MR) is 154 cm³/mol. The van der Waals surface area contributed by atoms with Crippen molar-refractivity contribution in [3.63, 3.8) is 0 Å². The van der Waals surface area contributed by atoms with Crippen LogP contribution in [-0.4, -0.2) is 41.3 Å². The molecule has 0 bridgehead atoms. The monoisotopic (exact) mass is 490 g/mol. The summed E-state index contributed by atoms with van der Waals surface area (Å²) in [5.74, 6) is 0. The van der Waals surface area contributed by atoms with E-state index in [2.05, 4.69) is 34.9 Å². The number of anilines is 2. The lowest BCUT2D eigenvalue weighted by molar-refractivity contribution is 0.107. The van der Waals surface area contributed by atoms with Crippen molar-refractivity contribution in [2.75, 3.05) is 36.9 Å². The van der Waals surface area contributed by atoms with E-state index in [1.54, 1.807) is 15.0 Å². The fourth-order valence-corrected chi connectivity index (χ4v) is 3.67. The summed E-state index contributed by atoms with van der Waals surface area (Å²) in [6, 6.07) is 36.7. The molecule has 0 aliphatic rings. The van der Waals surface area contributed by atoms with Gasteiger partial charge in [-0.1, -0.05) is 95.9 Å². The number of benzene rings is 4. The second-order valence-electron chi connectivity index (χ2n) is 8.54. The minimum absolute atomic E-state index is 0.544. The van der Waals surface area contributed by atoms with Crippen LogP contribution >= 0.6 is 0 Å². The first-order valence-electron chi connectivity index (χ1n) is 12.6. The molecule has 0 atom stereocenters. The number of para-hydroxylation sites is 2. The van der Waals surface area contributed by atoms with Gasteiger partial charge in [-0.05, 0) is 35.4 Å². The van der Waals surface area contributed by atoms with Gasteiger partial charge in [-0.15, -0.1) is 0 Å². The first kappa shape index (κ1) is 26.6. The van der Waals surface area contributed by atoms with E-state index in [4.69, 9.17) is 14.0 Å². The predicted octanol–water partition coefficient (Wildman–Crippen LogP) is 4.15. The lowest BCUT2D eigenvalue weighted by atomic mass is 9.87. The minimum atomic E-state index is 0.544. The van der Waals surface area contributed by atoms with Gasteiger partial charge in [-0.3, -0.25) is 0 Å². The van der Waals surface area contributed by atoms with Crippen LogP contribution in [0.4, 0.5) is 11.4 Å². The summed E-state index contributed by atoms with van der Waals surface area (Å²) >= 11 is 0. The number of hydrogen-bond acceptors (Lipinski definition) is 5. The maximum Gasteiger partial charge on any atom is 0.330 e. The van der Waals surface area contributed by atoms with Crippen LogP contribution in [0.25, 0.3) is 0 Å². The Labute approximate surface area is 221 Å². The van der Waals surface area contributed by atoms with Gasteiger partial charge in [0.1, 0.15) is 0 Å². The first-order chi connectivity index (χ1) is 18.3. The van der Waals surface area contributed by atoms with Crippen molar-refractivity contribution in [1.29, 1.82) is 0 Å². The molecule has 4 aromatic carbocycles. The van der Waals surface area contributed by atoms with Crippen LogP contribution in [0.1, 0.15) is 11.1 Å². The molecule has 0 fully saturated rings. The quantitative estimate of drug-likeness (QED) is 0.183. The Morgan fingerprint density at radius 2 is 1.08 bits per heavy atom. The van der Waals surface area contributed by atoms with Gasteiger partial charge in [0.25, 0.3) is 0 Å². The van der Waals surface area contributed by atoms with Crippen molar-refractivity contribution >= 4 is 37.3 Å². The normalized spacial score (nSPS) is 10.6. The molecular formula is C30H32B2N2O3. The number of hydrogen-bond donors (Lipinski definition) is 2. The zero-order chi connectivity index (χ0) is 25.4.